The van der Waals surface area contributed by atoms with Gasteiger partial charge in [-0.25, -0.2) is 13.6 Å². The summed E-state index contributed by atoms with van der Waals surface area (Å²) in [4.78, 5) is 23.9. The molecular weight excluding hydrogens is 364 g/mol. The number of hydrogen-bond acceptors (Lipinski definition) is 2. The van der Waals surface area contributed by atoms with E-state index in [0.29, 0.717) is 5.56 Å². The fourth-order valence-electron chi connectivity index (χ4n) is 4.20. The van der Waals surface area contributed by atoms with Crippen molar-refractivity contribution in [2.24, 2.45) is 0 Å². The first-order chi connectivity index (χ1) is 13.4. The molecule has 1 aliphatic carbocycles. The van der Waals surface area contributed by atoms with Gasteiger partial charge in [-0.15, -0.1) is 0 Å². The highest BCUT2D eigenvalue weighted by Gasteiger charge is 2.42. The second-order valence-corrected chi connectivity index (χ2v) is 6.99. The van der Waals surface area contributed by atoms with E-state index in [4.69, 9.17) is 0 Å². The number of rotatable bonds is 2. The fraction of sp³-hybridized carbons (Fsp3) is 0.0909. The lowest BCUT2D eigenvalue weighted by atomic mass is 9.70. The first kappa shape index (κ1) is 16.6. The maximum atomic E-state index is 14.2. The molecule has 28 heavy (non-hydrogen) atoms. The SMILES string of the molecule is O=C(O)c1ccc2c(c1)C1NC(=O)C2c2cc(-c3ccc(F)cc3F)ccc21. The van der Waals surface area contributed by atoms with Crippen LogP contribution in [0.2, 0.25) is 0 Å². The van der Waals surface area contributed by atoms with Gasteiger partial charge in [-0.3, -0.25) is 4.79 Å². The Morgan fingerprint density at radius 1 is 0.893 bits per heavy atom. The standard InChI is InChI=1S/C22H13F2NO3/c23-12-3-6-13(18(24)9-12)10-1-5-15-16(7-10)19-14-4-2-11(22(27)28)8-17(14)20(15)25-21(19)26/h1-9,19-20H,(H,25,26)(H,27,28). The summed E-state index contributed by atoms with van der Waals surface area (Å²) in [7, 11) is 0. The summed E-state index contributed by atoms with van der Waals surface area (Å²) in [6.07, 6.45) is 0. The van der Waals surface area contributed by atoms with Crippen molar-refractivity contribution < 1.29 is 23.5 Å². The predicted molar refractivity (Wildman–Crippen MR) is 97.0 cm³/mol. The van der Waals surface area contributed by atoms with Crippen LogP contribution in [0, 0.1) is 11.6 Å². The van der Waals surface area contributed by atoms with Crippen molar-refractivity contribution in [3.63, 3.8) is 0 Å². The average Bonchev–Trinajstić information content (AvgIpc) is 2.67. The van der Waals surface area contributed by atoms with Crippen LogP contribution in [0.25, 0.3) is 11.1 Å². The van der Waals surface area contributed by atoms with Crippen LogP contribution in [0.15, 0.2) is 54.6 Å². The molecule has 0 saturated carbocycles. The summed E-state index contributed by atoms with van der Waals surface area (Å²) < 4.78 is 27.4. The number of nitrogens with one attached hydrogen (secondary N) is 1. The number of carboxylic acids is 1. The quantitative estimate of drug-likeness (QED) is 0.710. The van der Waals surface area contributed by atoms with Crippen molar-refractivity contribution in [3.05, 3.63) is 94.0 Å². The summed E-state index contributed by atoms with van der Waals surface area (Å²) >= 11 is 0. The Morgan fingerprint density at radius 2 is 1.68 bits per heavy atom. The number of carbonyl (C=O) groups excluding carboxylic acids is 1. The van der Waals surface area contributed by atoms with E-state index >= 15 is 0 Å². The summed E-state index contributed by atoms with van der Waals surface area (Å²) in [5.41, 5.74) is 4.09. The highest BCUT2D eigenvalue weighted by atomic mass is 19.1. The summed E-state index contributed by atoms with van der Waals surface area (Å²) in [5.74, 6) is -3.12. The van der Waals surface area contributed by atoms with Gasteiger partial charge < -0.3 is 10.4 Å². The Morgan fingerprint density at radius 3 is 2.43 bits per heavy atom. The van der Waals surface area contributed by atoms with Crippen LogP contribution < -0.4 is 5.32 Å². The average molecular weight is 377 g/mol. The van der Waals surface area contributed by atoms with Gasteiger partial charge in [0.25, 0.3) is 0 Å². The normalized spacial score (nSPS) is 19.0. The molecule has 2 atom stereocenters. The van der Waals surface area contributed by atoms with Gasteiger partial charge in [0.2, 0.25) is 5.91 Å². The van der Waals surface area contributed by atoms with Crippen LogP contribution in [0.4, 0.5) is 8.78 Å². The Labute approximate surface area is 158 Å². The molecule has 3 aromatic rings. The number of benzene rings is 3. The van der Waals surface area contributed by atoms with Crippen molar-refractivity contribution >= 4 is 11.9 Å². The van der Waals surface area contributed by atoms with Crippen LogP contribution >= 0.6 is 0 Å². The smallest absolute Gasteiger partial charge is 0.335 e. The minimum absolute atomic E-state index is 0.159. The van der Waals surface area contributed by atoms with Crippen molar-refractivity contribution in [2.75, 3.05) is 0 Å². The topological polar surface area (TPSA) is 66.4 Å². The maximum absolute atomic E-state index is 14.2. The fourth-order valence-corrected chi connectivity index (χ4v) is 4.20. The van der Waals surface area contributed by atoms with E-state index in [1.54, 1.807) is 30.3 Å². The Bertz CT molecular complexity index is 1190. The highest BCUT2D eigenvalue weighted by molar-refractivity contribution is 5.95. The number of hydrogen-bond donors (Lipinski definition) is 2. The first-order valence-corrected chi connectivity index (χ1v) is 8.71. The Balaban J connectivity index is 1.68. The molecule has 6 rings (SSSR count). The number of halogens is 2. The zero-order valence-corrected chi connectivity index (χ0v) is 14.4. The van der Waals surface area contributed by atoms with Crippen LogP contribution in [0.5, 0.6) is 0 Å². The van der Waals surface area contributed by atoms with Gasteiger partial charge >= 0.3 is 5.97 Å². The first-order valence-electron chi connectivity index (χ1n) is 8.71. The molecule has 3 aliphatic rings. The van der Waals surface area contributed by atoms with Crippen LogP contribution in [-0.2, 0) is 4.79 Å². The van der Waals surface area contributed by atoms with E-state index in [1.165, 1.54) is 18.2 Å². The summed E-state index contributed by atoms with van der Waals surface area (Å²) in [6.45, 7) is 0. The van der Waals surface area contributed by atoms with Crippen molar-refractivity contribution in [1.82, 2.24) is 5.32 Å². The van der Waals surface area contributed by atoms with Crippen LogP contribution in [0.1, 0.15) is 44.6 Å². The second-order valence-electron chi connectivity index (χ2n) is 6.99. The highest BCUT2D eigenvalue weighted by Crippen LogP contribution is 2.47. The van der Waals surface area contributed by atoms with Gasteiger partial charge in [0.05, 0.1) is 17.5 Å². The molecule has 3 aromatic carbocycles. The molecule has 0 spiro atoms. The minimum atomic E-state index is -1.03. The van der Waals surface area contributed by atoms with E-state index < -0.39 is 29.6 Å². The van der Waals surface area contributed by atoms with Gasteiger partial charge in [-0.2, -0.15) is 0 Å². The largest absolute Gasteiger partial charge is 0.478 e. The third kappa shape index (κ3) is 2.27. The molecule has 4 nitrogen and oxygen atoms in total. The number of amides is 1. The van der Waals surface area contributed by atoms with Crippen LogP contribution in [0.3, 0.4) is 0 Å². The van der Waals surface area contributed by atoms with Gasteiger partial charge in [0.15, 0.2) is 0 Å². The molecule has 0 saturated heterocycles. The number of carbonyl (C=O) groups is 2. The van der Waals surface area contributed by atoms with Gasteiger partial charge in [0.1, 0.15) is 11.6 Å². The van der Waals surface area contributed by atoms with Gasteiger partial charge in [-0.05, 0) is 58.1 Å². The molecular formula is C22H13F2NO3. The third-order valence-corrected chi connectivity index (χ3v) is 5.46. The Kier molecular flexibility index (Phi) is 3.40. The predicted octanol–water partition coefficient (Wildman–Crippen LogP) is 3.99. The number of carboxylic acid groups (broad SMARTS) is 1. The zero-order chi connectivity index (χ0) is 19.6. The molecule has 0 radical (unpaired) electrons. The zero-order valence-electron chi connectivity index (χ0n) is 14.4. The van der Waals surface area contributed by atoms with E-state index in [9.17, 15) is 23.5 Å². The summed E-state index contributed by atoms with van der Waals surface area (Å²) in [6, 6.07) is 13.0. The molecule has 6 heteroatoms. The van der Waals surface area contributed by atoms with Gasteiger partial charge in [0, 0.05) is 11.6 Å². The van der Waals surface area contributed by atoms with Crippen molar-refractivity contribution in [3.8, 4) is 11.1 Å². The molecule has 2 unspecified atom stereocenters. The monoisotopic (exact) mass is 377 g/mol. The molecule has 0 aromatic heterocycles. The number of fused-ring (bicyclic) bond motifs is 1. The van der Waals surface area contributed by atoms with E-state index in [0.717, 1.165) is 28.3 Å². The van der Waals surface area contributed by atoms with Crippen molar-refractivity contribution in [1.29, 1.82) is 0 Å². The van der Waals surface area contributed by atoms with E-state index in [1.807, 2.05) is 0 Å². The molecule has 0 fully saturated rings. The summed E-state index contributed by atoms with van der Waals surface area (Å²) in [5, 5.41) is 12.2. The lowest BCUT2D eigenvalue weighted by molar-refractivity contribution is -0.123. The van der Waals surface area contributed by atoms with Crippen LogP contribution in [-0.4, -0.2) is 17.0 Å². The molecule has 2 bridgehead atoms. The van der Waals surface area contributed by atoms with E-state index in [2.05, 4.69) is 5.32 Å². The van der Waals surface area contributed by atoms with Gasteiger partial charge in [-0.1, -0.05) is 18.2 Å². The van der Waals surface area contributed by atoms with Crippen molar-refractivity contribution in [2.45, 2.75) is 12.0 Å². The van der Waals surface area contributed by atoms with E-state index in [-0.39, 0.29) is 17.0 Å². The molecule has 138 valence electrons. The third-order valence-electron chi connectivity index (χ3n) is 5.46. The Hall–Kier alpha value is -3.54. The number of aromatic carboxylic acids is 1. The maximum Gasteiger partial charge on any atom is 0.335 e. The minimum Gasteiger partial charge on any atom is -0.478 e. The lowest BCUT2D eigenvalue weighted by Crippen LogP contribution is -2.44. The lowest BCUT2D eigenvalue weighted by Gasteiger charge is -2.40. The second kappa shape index (κ2) is 5.73. The molecule has 2 heterocycles. The molecule has 2 N–H and O–H groups in total. The molecule has 2 aliphatic heterocycles. The molecule has 1 amide bonds.